The second-order valence-electron chi connectivity index (χ2n) is 9.15. The average Bonchev–Trinajstić information content (AvgIpc) is 3.25. The molecule has 2 heterocycles. The average molecular weight is 466 g/mol. The minimum Gasteiger partial charge on any atom is -0.372 e. The number of carbonyl (C=O) groups excluding carboxylic acids is 2. The van der Waals surface area contributed by atoms with E-state index in [1.807, 2.05) is 6.08 Å². The molecule has 33 heavy (non-hydrogen) atoms. The van der Waals surface area contributed by atoms with Gasteiger partial charge in [-0.2, -0.15) is 0 Å². The zero-order valence-electron chi connectivity index (χ0n) is 20.3. The van der Waals surface area contributed by atoms with Crippen LogP contribution in [-0.2, 0) is 4.79 Å². The van der Waals surface area contributed by atoms with Crippen molar-refractivity contribution in [2.75, 3.05) is 24.5 Å². The Morgan fingerprint density at radius 2 is 1.70 bits per heavy atom. The van der Waals surface area contributed by atoms with Crippen LogP contribution in [0, 0.1) is 19.8 Å². The fourth-order valence-electron chi connectivity index (χ4n) is 5.16. The van der Waals surface area contributed by atoms with Crippen molar-refractivity contribution in [1.82, 2.24) is 9.47 Å². The third kappa shape index (κ3) is 4.91. The Bertz CT molecular complexity index is 1040. The lowest BCUT2D eigenvalue weighted by Gasteiger charge is -2.25. The molecule has 1 aromatic heterocycles. The molecule has 2 aromatic rings. The molecule has 0 N–H and O–H groups in total. The first-order chi connectivity index (χ1) is 15.9. The Balaban J connectivity index is 1.55. The first-order valence-corrected chi connectivity index (χ1v) is 13.0. The third-order valence-electron chi connectivity index (χ3n) is 7.03. The number of amides is 2. The van der Waals surface area contributed by atoms with Crippen molar-refractivity contribution in [2.24, 2.45) is 5.92 Å². The summed E-state index contributed by atoms with van der Waals surface area (Å²) in [5, 5.41) is -0.127. The second-order valence-corrected chi connectivity index (χ2v) is 10.1. The number of aromatic nitrogens is 1. The van der Waals surface area contributed by atoms with Gasteiger partial charge in [0.15, 0.2) is 0 Å². The Morgan fingerprint density at radius 1 is 1.03 bits per heavy atom. The van der Waals surface area contributed by atoms with Crippen LogP contribution >= 0.6 is 11.8 Å². The standard InChI is InChI=1S/C27H35N3O2S/c1-5-28(6-2)23-12-14-24(15-13-23)30-19(3)16-22(20(30)4)17-25-26(31)29(27(32)33-25)18-21-10-8-7-9-11-21/h12-17,21H,5-11,18H2,1-4H3/b25-17+. The topological polar surface area (TPSA) is 45.6 Å². The maximum atomic E-state index is 13.0. The molecule has 1 saturated heterocycles. The summed E-state index contributed by atoms with van der Waals surface area (Å²) in [5.41, 5.74) is 5.49. The number of carbonyl (C=O) groups is 2. The molecule has 176 valence electrons. The summed E-state index contributed by atoms with van der Waals surface area (Å²) in [7, 11) is 0. The zero-order valence-corrected chi connectivity index (χ0v) is 21.1. The van der Waals surface area contributed by atoms with Crippen LogP contribution in [0.15, 0.2) is 35.2 Å². The highest BCUT2D eigenvalue weighted by Gasteiger charge is 2.36. The molecule has 0 bridgehead atoms. The van der Waals surface area contributed by atoms with E-state index < -0.39 is 0 Å². The Kier molecular flexibility index (Phi) is 7.32. The molecule has 2 fully saturated rings. The summed E-state index contributed by atoms with van der Waals surface area (Å²) < 4.78 is 2.21. The van der Waals surface area contributed by atoms with Gasteiger partial charge in [-0.1, -0.05) is 19.3 Å². The number of rotatable bonds is 7. The minimum atomic E-state index is -0.135. The number of nitrogens with zero attached hydrogens (tertiary/aromatic N) is 3. The molecule has 0 atom stereocenters. The highest BCUT2D eigenvalue weighted by molar-refractivity contribution is 8.18. The van der Waals surface area contributed by atoms with Crippen molar-refractivity contribution in [2.45, 2.75) is 59.8 Å². The van der Waals surface area contributed by atoms with Crippen LogP contribution in [0.2, 0.25) is 0 Å². The van der Waals surface area contributed by atoms with Gasteiger partial charge in [-0.25, -0.2) is 0 Å². The van der Waals surface area contributed by atoms with Gasteiger partial charge in [0.1, 0.15) is 0 Å². The smallest absolute Gasteiger partial charge is 0.293 e. The molecule has 2 aliphatic rings. The zero-order chi connectivity index (χ0) is 23.5. The lowest BCUT2D eigenvalue weighted by molar-refractivity contribution is -0.123. The van der Waals surface area contributed by atoms with Crippen molar-refractivity contribution in [3.63, 3.8) is 0 Å². The first kappa shape index (κ1) is 23.7. The van der Waals surface area contributed by atoms with Gasteiger partial charge in [0.2, 0.25) is 0 Å². The SMILES string of the molecule is CCN(CC)c1ccc(-n2c(C)cc(/C=C3/SC(=O)N(CC4CCCCC4)C3=O)c2C)cc1. The lowest BCUT2D eigenvalue weighted by Crippen LogP contribution is -2.34. The predicted octanol–water partition coefficient (Wildman–Crippen LogP) is 6.56. The summed E-state index contributed by atoms with van der Waals surface area (Å²) in [6.07, 6.45) is 7.82. The molecule has 4 rings (SSSR count). The van der Waals surface area contributed by atoms with E-state index in [1.54, 1.807) is 0 Å². The number of imide groups is 1. The van der Waals surface area contributed by atoms with E-state index in [9.17, 15) is 9.59 Å². The summed E-state index contributed by atoms with van der Waals surface area (Å²) in [5.74, 6) is 0.319. The summed E-state index contributed by atoms with van der Waals surface area (Å²) in [4.78, 5) is 30.0. The molecule has 0 unspecified atom stereocenters. The van der Waals surface area contributed by atoms with Gasteiger partial charge >= 0.3 is 0 Å². The molecule has 5 nitrogen and oxygen atoms in total. The van der Waals surface area contributed by atoms with Crippen LogP contribution in [0.1, 0.15) is 62.9 Å². The maximum absolute atomic E-state index is 13.0. The summed E-state index contributed by atoms with van der Waals surface area (Å²) >= 11 is 1.08. The normalized spacial score (nSPS) is 18.5. The molecule has 1 aliphatic carbocycles. The van der Waals surface area contributed by atoms with E-state index in [-0.39, 0.29) is 11.1 Å². The van der Waals surface area contributed by atoms with E-state index in [0.717, 1.165) is 60.3 Å². The Labute approximate surface area is 201 Å². The predicted molar refractivity (Wildman–Crippen MR) is 138 cm³/mol. The Hall–Kier alpha value is -2.47. The number of hydrogen-bond donors (Lipinski definition) is 0. The van der Waals surface area contributed by atoms with Crippen molar-refractivity contribution < 1.29 is 9.59 Å². The third-order valence-corrected chi connectivity index (χ3v) is 7.94. The first-order valence-electron chi connectivity index (χ1n) is 12.2. The van der Waals surface area contributed by atoms with Crippen LogP contribution in [0.25, 0.3) is 11.8 Å². The second kappa shape index (κ2) is 10.2. The van der Waals surface area contributed by atoms with E-state index >= 15 is 0 Å². The summed E-state index contributed by atoms with van der Waals surface area (Å²) in [6.45, 7) is 11.0. The monoisotopic (exact) mass is 465 g/mol. The Morgan fingerprint density at radius 3 is 2.33 bits per heavy atom. The van der Waals surface area contributed by atoms with Crippen molar-refractivity contribution in [3.05, 3.63) is 52.2 Å². The van der Waals surface area contributed by atoms with E-state index in [2.05, 4.69) is 67.5 Å². The molecule has 1 saturated carbocycles. The van der Waals surface area contributed by atoms with E-state index in [0.29, 0.717) is 17.4 Å². The fraction of sp³-hybridized carbons (Fsp3) is 0.481. The molecule has 0 spiro atoms. The van der Waals surface area contributed by atoms with Gasteiger partial charge in [-0.15, -0.1) is 0 Å². The van der Waals surface area contributed by atoms with Gasteiger partial charge in [-0.3, -0.25) is 14.5 Å². The molecular weight excluding hydrogens is 430 g/mol. The van der Waals surface area contributed by atoms with Gasteiger partial charge in [0.25, 0.3) is 11.1 Å². The number of hydrogen-bond acceptors (Lipinski definition) is 4. The van der Waals surface area contributed by atoms with Gasteiger partial charge in [-0.05, 0) is 100 Å². The molecule has 6 heteroatoms. The minimum absolute atomic E-state index is 0.127. The van der Waals surface area contributed by atoms with Gasteiger partial charge < -0.3 is 9.47 Å². The van der Waals surface area contributed by atoms with Crippen LogP contribution in [0.3, 0.4) is 0 Å². The van der Waals surface area contributed by atoms with Crippen molar-refractivity contribution in [1.29, 1.82) is 0 Å². The van der Waals surface area contributed by atoms with Crippen molar-refractivity contribution >= 4 is 34.7 Å². The largest absolute Gasteiger partial charge is 0.372 e. The number of aryl methyl sites for hydroxylation is 1. The molecular formula is C27H35N3O2S. The molecule has 1 aliphatic heterocycles. The van der Waals surface area contributed by atoms with Crippen LogP contribution in [0.4, 0.5) is 10.5 Å². The quantitative estimate of drug-likeness (QED) is 0.435. The summed E-state index contributed by atoms with van der Waals surface area (Å²) in [6, 6.07) is 10.7. The molecule has 1 aromatic carbocycles. The fourth-order valence-corrected chi connectivity index (χ4v) is 6.00. The van der Waals surface area contributed by atoms with E-state index in [1.165, 1.54) is 29.8 Å². The molecule has 0 radical (unpaired) electrons. The van der Waals surface area contributed by atoms with Gasteiger partial charge in [0, 0.05) is 42.4 Å². The maximum Gasteiger partial charge on any atom is 0.293 e. The van der Waals surface area contributed by atoms with Crippen molar-refractivity contribution in [3.8, 4) is 5.69 Å². The number of thioether (sulfide) groups is 1. The number of benzene rings is 1. The van der Waals surface area contributed by atoms with Crippen LogP contribution in [0.5, 0.6) is 0 Å². The van der Waals surface area contributed by atoms with Crippen LogP contribution < -0.4 is 4.90 Å². The molecule has 2 amide bonds. The highest BCUT2D eigenvalue weighted by Crippen LogP contribution is 2.36. The highest BCUT2D eigenvalue weighted by atomic mass is 32.2. The number of anilines is 1. The van der Waals surface area contributed by atoms with Gasteiger partial charge in [0.05, 0.1) is 4.91 Å². The van der Waals surface area contributed by atoms with E-state index in [4.69, 9.17) is 0 Å². The van der Waals surface area contributed by atoms with Crippen LogP contribution in [-0.4, -0.2) is 40.2 Å². The lowest BCUT2D eigenvalue weighted by atomic mass is 9.89.